The number of H-pyrrole nitrogens is 1. The third-order valence-corrected chi connectivity index (χ3v) is 5.24. The van der Waals surface area contributed by atoms with E-state index in [9.17, 15) is 5.26 Å². The molecule has 2 aromatic carbocycles. The van der Waals surface area contributed by atoms with Gasteiger partial charge in [-0.3, -0.25) is 0 Å². The van der Waals surface area contributed by atoms with Gasteiger partial charge in [0.1, 0.15) is 5.82 Å². The number of imidazole rings is 1. The van der Waals surface area contributed by atoms with Crippen LogP contribution in [0.4, 0.5) is 5.82 Å². The van der Waals surface area contributed by atoms with Gasteiger partial charge in [0.15, 0.2) is 0 Å². The summed E-state index contributed by atoms with van der Waals surface area (Å²) in [5.74, 6) is 0.764. The number of allylic oxidation sites excluding steroid dienone is 1. The summed E-state index contributed by atoms with van der Waals surface area (Å²) in [4.78, 5) is 12.4. The van der Waals surface area contributed by atoms with Gasteiger partial charge in [0, 0.05) is 22.4 Å². The number of nitrogens with one attached hydrogen (secondary N) is 2. The lowest BCUT2D eigenvalue weighted by Gasteiger charge is -2.19. The molecule has 1 aliphatic rings. The van der Waals surface area contributed by atoms with Crippen LogP contribution in [0.1, 0.15) is 16.7 Å². The molecule has 0 saturated heterocycles. The number of aromatic nitrogens is 3. The molecule has 4 aromatic rings. The Hall–Kier alpha value is -4.17. The molecule has 138 valence electrons. The lowest BCUT2D eigenvalue weighted by atomic mass is 9.92. The summed E-state index contributed by atoms with van der Waals surface area (Å²) in [6.45, 7) is 5.94. The Kier molecular flexibility index (Phi) is 3.78. The van der Waals surface area contributed by atoms with Crippen molar-refractivity contribution in [2.75, 3.05) is 5.32 Å². The minimum atomic E-state index is 0.647. The predicted molar refractivity (Wildman–Crippen MR) is 116 cm³/mol. The molecule has 2 aromatic heterocycles. The van der Waals surface area contributed by atoms with Gasteiger partial charge in [-0.05, 0) is 54.5 Å². The zero-order chi connectivity index (χ0) is 20.0. The summed E-state index contributed by atoms with van der Waals surface area (Å²) in [5, 5.41) is 12.7. The quantitative estimate of drug-likeness (QED) is 0.490. The van der Waals surface area contributed by atoms with Gasteiger partial charge in [-0.1, -0.05) is 24.8 Å². The zero-order valence-corrected chi connectivity index (χ0v) is 15.8. The van der Waals surface area contributed by atoms with Gasteiger partial charge in [0.05, 0.1) is 34.7 Å². The first kappa shape index (κ1) is 17.0. The van der Waals surface area contributed by atoms with Crippen molar-refractivity contribution in [3.8, 4) is 28.5 Å². The van der Waals surface area contributed by atoms with Gasteiger partial charge in [0.2, 0.25) is 0 Å². The second kappa shape index (κ2) is 6.47. The molecular formula is C24H17N5. The largest absolute Gasteiger partial charge is 0.345 e. The van der Waals surface area contributed by atoms with E-state index in [4.69, 9.17) is 4.98 Å². The van der Waals surface area contributed by atoms with Crippen LogP contribution < -0.4 is 5.32 Å². The standard InChI is InChI=1S/C24H17N5/c1-14-6-7-17-10-20(16-8-9-21-22(11-16)27-13-26-21)23(29-24(17)28-14)19-5-3-4-18(12-25)15(19)2/h3-11,13H,1H2,2H3,(H,26,27)(H,28,29). The van der Waals surface area contributed by atoms with Crippen molar-refractivity contribution in [3.63, 3.8) is 0 Å². The van der Waals surface area contributed by atoms with Crippen molar-refractivity contribution < 1.29 is 0 Å². The van der Waals surface area contributed by atoms with E-state index in [0.717, 1.165) is 56.1 Å². The number of aromatic amines is 1. The average molecular weight is 375 g/mol. The highest BCUT2D eigenvalue weighted by atomic mass is 15.0. The first-order valence-electron chi connectivity index (χ1n) is 9.26. The number of anilines is 1. The summed E-state index contributed by atoms with van der Waals surface area (Å²) in [6.07, 6.45) is 5.65. The number of nitrogens with zero attached hydrogens (tertiary/aromatic N) is 3. The summed E-state index contributed by atoms with van der Waals surface area (Å²) in [6, 6.07) is 16.3. The molecule has 1 aliphatic heterocycles. The lowest BCUT2D eigenvalue weighted by Crippen LogP contribution is -2.06. The van der Waals surface area contributed by atoms with E-state index in [2.05, 4.69) is 46.1 Å². The van der Waals surface area contributed by atoms with Crippen LogP contribution in [0.25, 0.3) is 39.5 Å². The Morgan fingerprint density at radius 3 is 2.83 bits per heavy atom. The minimum absolute atomic E-state index is 0.647. The third-order valence-electron chi connectivity index (χ3n) is 5.24. The Balaban J connectivity index is 1.81. The van der Waals surface area contributed by atoms with E-state index in [1.807, 2.05) is 43.3 Å². The highest BCUT2D eigenvalue weighted by Gasteiger charge is 2.18. The maximum atomic E-state index is 9.48. The molecule has 5 heteroatoms. The average Bonchev–Trinajstić information content (AvgIpc) is 3.21. The number of benzene rings is 2. The fraction of sp³-hybridized carbons (Fsp3) is 0.0417. The maximum absolute atomic E-state index is 9.48. The molecule has 5 rings (SSSR count). The third kappa shape index (κ3) is 2.79. The van der Waals surface area contributed by atoms with Crippen LogP contribution in [0.2, 0.25) is 0 Å². The second-order valence-corrected chi connectivity index (χ2v) is 7.03. The van der Waals surface area contributed by atoms with Crippen LogP contribution in [-0.2, 0) is 0 Å². The van der Waals surface area contributed by atoms with Crippen molar-refractivity contribution >= 4 is 22.9 Å². The molecule has 3 heterocycles. The van der Waals surface area contributed by atoms with Gasteiger partial charge in [-0.2, -0.15) is 5.26 Å². The Morgan fingerprint density at radius 2 is 1.97 bits per heavy atom. The van der Waals surface area contributed by atoms with E-state index < -0.39 is 0 Å². The summed E-state index contributed by atoms with van der Waals surface area (Å²) < 4.78 is 0. The van der Waals surface area contributed by atoms with Crippen LogP contribution in [0, 0.1) is 18.3 Å². The molecule has 5 nitrogen and oxygen atoms in total. The first-order valence-corrected chi connectivity index (χ1v) is 9.26. The van der Waals surface area contributed by atoms with Gasteiger partial charge in [-0.25, -0.2) is 9.97 Å². The second-order valence-electron chi connectivity index (χ2n) is 7.03. The molecule has 0 fully saturated rings. The van der Waals surface area contributed by atoms with E-state index in [1.54, 1.807) is 6.33 Å². The summed E-state index contributed by atoms with van der Waals surface area (Å²) >= 11 is 0. The minimum Gasteiger partial charge on any atom is -0.345 e. The molecule has 29 heavy (non-hydrogen) atoms. The molecule has 0 unspecified atom stereocenters. The van der Waals surface area contributed by atoms with E-state index in [1.165, 1.54) is 0 Å². The van der Waals surface area contributed by atoms with Crippen molar-refractivity contribution in [2.45, 2.75) is 6.92 Å². The van der Waals surface area contributed by atoms with Crippen LogP contribution in [0.3, 0.4) is 0 Å². The summed E-state index contributed by atoms with van der Waals surface area (Å²) in [5.41, 5.74) is 9.04. The van der Waals surface area contributed by atoms with Crippen molar-refractivity contribution in [1.29, 1.82) is 5.26 Å². The van der Waals surface area contributed by atoms with Crippen molar-refractivity contribution in [1.82, 2.24) is 15.0 Å². The smallest absolute Gasteiger partial charge is 0.138 e. The number of hydrogen-bond acceptors (Lipinski definition) is 4. The lowest BCUT2D eigenvalue weighted by molar-refractivity contribution is 1.25. The van der Waals surface area contributed by atoms with Gasteiger partial charge in [-0.15, -0.1) is 0 Å². The van der Waals surface area contributed by atoms with Crippen LogP contribution in [0.15, 0.2) is 67.1 Å². The Bertz CT molecular complexity index is 1370. The van der Waals surface area contributed by atoms with E-state index >= 15 is 0 Å². The highest BCUT2D eigenvalue weighted by molar-refractivity contribution is 5.91. The van der Waals surface area contributed by atoms with Crippen LogP contribution in [0.5, 0.6) is 0 Å². The van der Waals surface area contributed by atoms with Crippen LogP contribution in [-0.4, -0.2) is 15.0 Å². The molecular weight excluding hydrogens is 358 g/mol. The van der Waals surface area contributed by atoms with E-state index in [-0.39, 0.29) is 0 Å². The number of fused-ring (bicyclic) bond motifs is 2. The van der Waals surface area contributed by atoms with Crippen molar-refractivity contribution in [3.05, 3.63) is 83.8 Å². The SMILES string of the molecule is C=C1C=Cc2cc(-c3ccc4nc[nH]c4c3)c(-c3cccc(C#N)c3C)nc2N1. The molecule has 2 N–H and O–H groups in total. The molecule has 0 amide bonds. The molecule has 0 spiro atoms. The first-order chi connectivity index (χ1) is 14.1. The number of hydrogen-bond donors (Lipinski definition) is 2. The molecule has 0 saturated carbocycles. The van der Waals surface area contributed by atoms with E-state index in [0.29, 0.717) is 5.56 Å². The molecule has 0 bridgehead atoms. The predicted octanol–water partition coefficient (Wildman–Crippen LogP) is 5.42. The maximum Gasteiger partial charge on any atom is 0.138 e. The molecule has 0 aliphatic carbocycles. The fourth-order valence-electron chi connectivity index (χ4n) is 3.68. The Morgan fingerprint density at radius 1 is 1.07 bits per heavy atom. The topological polar surface area (TPSA) is 77.4 Å². The number of pyridine rings is 1. The monoisotopic (exact) mass is 375 g/mol. The zero-order valence-electron chi connectivity index (χ0n) is 15.8. The molecule has 0 radical (unpaired) electrons. The van der Waals surface area contributed by atoms with Crippen LogP contribution >= 0.6 is 0 Å². The normalized spacial score (nSPS) is 12.5. The fourth-order valence-corrected chi connectivity index (χ4v) is 3.68. The number of rotatable bonds is 2. The summed E-state index contributed by atoms with van der Waals surface area (Å²) in [7, 11) is 0. The van der Waals surface area contributed by atoms with Gasteiger partial charge in [0.25, 0.3) is 0 Å². The van der Waals surface area contributed by atoms with Crippen molar-refractivity contribution in [2.24, 2.45) is 0 Å². The Labute approximate surface area is 168 Å². The highest BCUT2D eigenvalue weighted by Crippen LogP contribution is 2.38. The van der Waals surface area contributed by atoms with Gasteiger partial charge >= 0.3 is 0 Å². The van der Waals surface area contributed by atoms with Gasteiger partial charge < -0.3 is 10.3 Å². The number of nitriles is 1. The molecule has 0 atom stereocenters.